The lowest BCUT2D eigenvalue weighted by Crippen LogP contribution is -2.30. The SMILES string of the molecule is Nc1cnc(NCCN2CCCCCC2)nc1. The van der Waals surface area contributed by atoms with Crippen LogP contribution < -0.4 is 11.1 Å². The van der Waals surface area contributed by atoms with Crippen molar-refractivity contribution in [3.8, 4) is 0 Å². The molecule has 0 unspecified atom stereocenters. The fraction of sp³-hybridized carbons (Fsp3) is 0.667. The van der Waals surface area contributed by atoms with Gasteiger partial charge in [-0.1, -0.05) is 12.8 Å². The van der Waals surface area contributed by atoms with Crippen molar-refractivity contribution < 1.29 is 0 Å². The molecule has 17 heavy (non-hydrogen) atoms. The molecule has 0 aliphatic carbocycles. The molecule has 2 rings (SSSR count). The van der Waals surface area contributed by atoms with Crippen LogP contribution in [0.1, 0.15) is 25.7 Å². The third-order valence-corrected chi connectivity index (χ3v) is 3.08. The third-order valence-electron chi connectivity index (χ3n) is 3.08. The zero-order valence-electron chi connectivity index (χ0n) is 10.2. The van der Waals surface area contributed by atoms with Crippen molar-refractivity contribution in [1.82, 2.24) is 14.9 Å². The van der Waals surface area contributed by atoms with Crippen molar-refractivity contribution in [2.75, 3.05) is 37.2 Å². The standard InChI is InChI=1S/C12H21N5/c13-11-9-15-12(16-10-11)14-5-8-17-6-3-1-2-4-7-17/h9-10H,1-8,13H2,(H,14,15,16). The Balaban J connectivity index is 1.69. The predicted molar refractivity (Wildman–Crippen MR) is 69.8 cm³/mol. The highest BCUT2D eigenvalue weighted by Gasteiger charge is 2.08. The lowest BCUT2D eigenvalue weighted by atomic mass is 10.2. The number of rotatable bonds is 4. The topological polar surface area (TPSA) is 67.1 Å². The maximum Gasteiger partial charge on any atom is 0.222 e. The second kappa shape index (κ2) is 6.39. The van der Waals surface area contributed by atoms with Crippen molar-refractivity contribution in [1.29, 1.82) is 0 Å². The minimum Gasteiger partial charge on any atom is -0.396 e. The fourth-order valence-electron chi connectivity index (χ4n) is 2.11. The van der Waals surface area contributed by atoms with Crippen molar-refractivity contribution in [3.05, 3.63) is 12.4 Å². The molecule has 0 radical (unpaired) electrons. The van der Waals surface area contributed by atoms with E-state index in [0.29, 0.717) is 11.6 Å². The van der Waals surface area contributed by atoms with E-state index in [9.17, 15) is 0 Å². The van der Waals surface area contributed by atoms with Gasteiger partial charge in [0.15, 0.2) is 0 Å². The Morgan fingerprint density at radius 1 is 1.12 bits per heavy atom. The minimum absolute atomic E-state index is 0.600. The van der Waals surface area contributed by atoms with Crippen LogP contribution in [0.15, 0.2) is 12.4 Å². The highest BCUT2D eigenvalue weighted by atomic mass is 15.2. The summed E-state index contributed by atoms with van der Waals surface area (Å²) in [7, 11) is 0. The molecule has 0 spiro atoms. The van der Waals surface area contributed by atoms with Crippen LogP contribution in [0, 0.1) is 0 Å². The molecule has 0 bridgehead atoms. The van der Waals surface area contributed by atoms with E-state index in [1.165, 1.54) is 38.8 Å². The number of anilines is 2. The summed E-state index contributed by atoms with van der Waals surface area (Å²) in [6.07, 6.45) is 8.68. The van der Waals surface area contributed by atoms with Gasteiger partial charge in [-0.15, -0.1) is 0 Å². The Morgan fingerprint density at radius 2 is 1.76 bits per heavy atom. The number of hydrogen-bond donors (Lipinski definition) is 2. The molecular formula is C12H21N5. The summed E-state index contributed by atoms with van der Waals surface area (Å²) in [5, 5.41) is 3.22. The molecule has 1 aliphatic rings. The number of nitrogens with one attached hydrogen (secondary N) is 1. The van der Waals surface area contributed by atoms with Gasteiger partial charge in [-0.05, 0) is 25.9 Å². The zero-order chi connectivity index (χ0) is 11.9. The van der Waals surface area contributed by atoms with E-state index in [1.54, 1.807) is 12.4 Å². The fourth-order valence-corrected chi connectivity index (χ4v) is 2.11. The van der Waals surface area contributed by atoms with Gasteiger partial charge < -0.3 is 16.0 Å². The molecule has 5 heteroatoms. The number of nitrogens with two attached hydrogens (primary N) is 1. The number of likely N-dealkylation sites (tertiary alicyclic amines) is 1. The van der Waals surface area contributed by atoms with Crippen LogP contribution in [0.25, 0.3) is 0 Å². The van der Waals surface area contributed by atoms with E-state index in [2.05, 4.69) is 20.2 Å². The molecule has 0 aromatic carbocycles. The van der Waals surface area contributed by atoms with Crippen LogP contribution in [0.4, 0.5) is 11.6 Å². The number of nitrogen functional groups attached to an aromatic ring is 1. The van der Waals surface area contributed by atoms with E-state index >= 15 is 0 Å². The highest BCUT2D eigenvalue weighted by molar-refractivity contribution is 5.35. The first-order valence-corrected chi connectivity index (χ1v) is 6.38. The summed E-state index contributed by atoms with van der Waals surface area (Å²) in [4.78, 5) is 10.7. The Kier molecular flexibility index (Phi) is 4.55. The summed E-state index contributed by atoms with van der Waals surface area (Å²) in [6, 6.07) is 0. The molecule has 1 fully saturated rings. The number of aromatic nitrogens is 2. The summed E-state index contributed by atoms with van der Waals surface area (Å²) < 4.78 is 0. The van der Waals surface area contributed by atoms with Gasteiger partial charge >= 0.3 is 0 Å². The van der Waals surface area contributed by atoms with E-state index < -0.39 is 0 Å². The maximum atomic E-state index is 5.53. The van der Waals surface area contributed by atoms with Gasteiger partial charge in [0.25, 0.3) is 0 Å². The Bertz CT molecular complexity index is 316. The lowest BCUT2D eigenvalue weighted by molar-refractivity contribution is 0.296. The molecule has 0 amide bonds. The summed E-state index contributed by atoms with van der Waals surface area (Å²) in [6.45, 7) is 4.41. The van der Waals surface area contributed by atoms with E-state index in [-0.39, 0.29) is 0 Å². The second-order valence-corrected chi connectivity index (χ2v) is 4.52. The highest BCUT2D eigenvalue weighted by Crippen LogP contribution is 2.09. The number of nitrogens with zero attached hydrogens (tertiary/aromatic N) is 3. The van der Waals surface area contributed by atoms with E-state index in [0.717, 1.165) is 13.1 Å². The van der Waals surface area contributed by atoms with Crippen molar-refractivity contribution in [3.63, 3.8) is 0 Å². The molecule has 1 aromatic rings. The van der Waals surface area contributed by atoms with E-state index in [1.807, 2.05) is 0 Å². The van der Waals surface area contributed by atoms with E-state index in [4.69, 9.17) is 5.73 Å². The largest absolute Gasteiger partial charge is 0.396 e. The first kappa shape index (κ1) is 12.1. The van der Waals surface area contributed by atoms with Crippen LogP contribution in [-0.2, 0) is 0 Å². The van der Waals surface area contributed by atoms with Crippen LogP contribution in [0.3, 0.4) is 0 Å². The first-order valence-electron chi connectivity index (χ1n) is 6.38. The van der Waals surface area contributed by atoms with Gasteiger partial charge in [0.2, 0.25) is 5.95 Å². The average molecular weight is 235 g/mol. The molecule has 1 aliphatic heterocycles. The number of hydrogen-bond acceptors (Lipinski definition) is 5. The molecule has 2 heterocycles. The zero-order valence-corrected chi connectivity index (χ0v) is 10.2. The molecule has 0 saturated carbocycles. The summed E-state index contributed by atoms with van der Waals surface area (Å²) >= 11 is 0. The monoisotopic (exact) mass is 235 g/mol. The first-order chi connectivity index (χ1) is 8.34. The lowest BCUT2D eigenvalue weighted by Gasteiger charge is -2.19. The van der Waals surface area contributed by atoms with Gasteiger partial charge in [0, 0.05) is 13.1 Å². The summed E-state index contributed by atoms with van der Waals surface area (Å²) in [5.74, 6) is 0.661. The molecule has 1 aromatic heterocycles. The predicted octanol–water partition coefficient (Wildman–Crippen LogP) is 1.35. The van der Waals surface area contributed by atoms with Gasteiger partial charge in [0.05, 0.1) is 18.1 Å². The molecule has 5 nitrogen and oxygen atoms in total. The normalized spacial score (nSPS) is 17.6. The Labute approximate surface area is 102 Å². The molecule has 94 valence electrons. The Morgan fingerprint density at radius 3 is 2.41 bits per heavy atom. The van der Waals surface area contributed by atoms with Gasteiger partial charge in [-0.2, -0.15) is 0 Å². The van der Waals surface area contributed by atoms with Crippen molar-refractivity contribution >= 4 is 11.6 Å². The van der Waals surface area contributed by atoms with Gasteiger partial charge in [-0.3, -0.25) is 0 Å². The van der Waals surface area contributed by atoms with Gasteiger partial charge in [0.1, 0.15) is 0 Å². The smallest absolute Gasteiger partial charge is 0.222 e. The average Bonchev–Trinajstić information content (AvgIpc) is 2.60. The summed E-state index contributed by atoms with van der Waals surface area (Å²) in [5.41, 5.74) is 6.13. The van der Waals surface area contributed by atoms with Crippen LogP contribution >= 0.6 is 0 Å². The molecule has 0 atom stereocenters. The molecule has 1 saturated heterocycles. The third kappa shape index (κ3) is 4.19. The van der Waals surface area contributed by atoms with Crippen LogP contribution in [0.2, 0.25) is 0 Å². The quantitative estimate of drug-likeness (QED) is 0.824. The van der Waals surface area contributed by atoms with Crippen LogP contribution in [0.5, 0.6) is 0 Å². The minimum atomic E-state index is 0.600. The molecular weight excluding hydrogens is 214 g/mol. The van der Waals surface area contributed by atoms with Crippen molar-refractivity contribution in [2.45, 2.75) is 25.7 Å². The van der Waals surface area contributed by atoms with Crippen molar-refractivity contribution in [2.24, 2.45) is 0 Å². The maximum absolute atomic E-state index is 5.53. The Hall–Kier alpha value is -1.36. The molecule has 3 N–H and O–H groups in total. The van der Waals surface area contributed by atoms with Crippen LogP contribution in [-0.4, -0.2) is 41.0 Å². The van der Waals surface area contributed by atoms with Gasteiger partial charge in [-0.25, -0.2) is 9.97 Å². The second-order valence-electron chi connectivity index (χ2n) is 4.52.